The molecule has 1 aromatic carbocycles. The second-order valence-electron chi connectivity index (χ2n) is 6.65. The van der Waals surface area contributed by atoms with Gasteiger partial charge in [-0.1, -0.05) is 6.58 Å². The number of aryl methyl sites for hydroxylation is 2. The van der Waals surface area contributed by atoms with Crippen molar-refractivity contribution in [3.05, 3.63) is 59.9 Å². The maximum atomic E-state index is 13.0. The van der Waals surface area contributed by atoms with Crippen molar-refractivity contribution < 1.29 is 9.59 Å². The minimum atomic E-state index is -0.185. The average molecular weight is 352 g/mol. The minimum Gasteiger partial charge on any atom is -0.331 e. The molecule has 0 spiro atoms. The first-order valence-electron chi connectivity index (χ1n) is 8.73. The van der Waals surface area contributed by atoms with E-state index in [-0.39, 0.29) is 17.9 Å². The van der Waals surface area contributed by atoms with E-state index in [0.29, 0.717) is 5.56 Å². The molecule has 0 saturated carbocycles. The predicted octanol–water partition coefficient (Wildman–Crippen LogP) is 2.85. The van der Waals surface area contributed by atoms with E-state index in [1.165, 1.54) is 11.0 Å². The molecule has 0 N–H and O–H groups in total. The Morgan fingerprint density at radius 2 is 2.00 bits per heavy atom. The first kappa shape index (κ1) is 17.9. The lowest BCUT2D eigenvalue weighted by atomic mass is 10.0. The molecule has 26 heavy (non-hydrogen) atoms. The molecule has 136 valence electrons. The molecule has 6 heteroatoms. The summed E-state index contributed by atoms with van der Waals surface area (Å²) in [5.74, 6) is -0.171. The van der Waals surface area contributed by atoms with Crippen LogP contribution in [0.1, 0.15) is 40.5 Å². The molecule has 1 aliphatic rings. The largest absolute Gasteiger partial charge is 0.331 e. The molecule has 1 unspecified atom stereocenters. The summed E-state index contributed by atoms with van der Waals surface area (Å²) >= 11 is 0. The van der Waals surface area contributed by atoms with Gasteiger partial charge in [0.25, 0.3) is 5.91 Å². The van der Waals surface area contributed by atoms with E-state index in [1.807, 2.05) is 25.1 Å². The van der Waals surface area contributed by atoms with Crippen molar-refractivity contribution in [3.63, 3.8) is 0 Å². The number of benzene rings is 1. The van der Waals surface area contributed by atoms with E-state index in [1.54, 1.807) is 36.0 Å². The molecule has 0 radical (unpaired) electrons. The highest BCUT2D eigenvalue weighted by Crippen LogP contribution is 2.34. The van der Waals surface area contributed by atoms with Gasteiger partial charge in [0.1, 0.15) is 0 Å². The summed E-state index contributed by atoms with van der Waals surface area (Å²) < 4.78 is 1.80. The van der Waals surface area contributed by atoms with Crippen LogP contribution in [-0.4, -0.2) is 40.1 Å². The Morgan fingerprint density at radius 1 is 1.31 bits per heavy atom. The highest BCUT2D eigenvalue weighted by molar-refractivity contribution is 6.01. The Labute approximate surface area is 153 Å². The monoisotopic (exact) mass is 352 g/mol. The molecule has 1 aliphatic heterocycles. The van der Waals surface area contributed by atoms with E-state index in [4.69, 9.17) is 0 Å². The fourth-order valence-electron chi connectivity index (χ4n) is 3.54. The molecule has 0 aliphatic carbocycles. The van der Waals surface area contributed by atoms with E-state index >= 15 is 0 Å². The topological polar surface area (TPSA) is 58.4 Å². The zero-order valence-electron chi connectivity index (χ0n) is 15.5. The van der Waals surface area contributed by atoms with Crippen LogP contribution < -0.4 is 4.90 Å². The number of likely N-dealkylation sites (tertiary alicyclic amines) is 1. The second-order valence-corrected chi connectivity index (χ2v) is 6.65. The number of anilines is 1. The Balaban J connectivity index is 1.81. The SMILES string of the molecule is C=CC(=O)N(C)c1ccc(C(=O)N2CCCC2c2cn(C)nc2C)cc1. The van der Waals surface area contributed by atoms with Crippen LogP contribution in [0.5, 0.6) is 0 Å². The quantitative estimate of drug-likeness (QED) is 0.795. The van der Waals surface area contributed by atoms with Crippen LogP contribution in [0, 0.1) is 6.92 Å². The van der Waals surface area contributed by atoms with Gasteiger partial charge in [0.05, 0.1) is 11.7 Å². The van der Waals surface area contributed by atoms with Crippen molar-refractivity contribution in [2.24, 2.45) is 7.05 Å². The van der Waals surface area contributed by atoms with Crippen molar-refractivity contribution >= 4 is 17.5 Å². The van der Waals surface area contributed by atoms with Crippen LogP contribution in [0.4, 0.5) is 5.69 Å². The number of likely N-dealkylation sites (N-methyl/N-ethyl adjacent to an activating group) is 1. The van der Waals surface area contributed by atoms with Gasteiger partial charge >= 0.3 is 0 Å². The Morgan fingerprint density at radius 3 is 2.58 bits per heavy atom. The van der Waals surface area contributed by atoms with Crippen LogP contribution in [0.2, 0.25) is 0 Å². The standard InChI is InChI=1S/C20H24N4O2/c1-5-19(25)23(4)16-10-8-15(9-11-16)20(26)24-12-6-7-18(24)17-13-22(3)21-14(17)2/h5,8-11,13,18H,1,6-7,12H2,2-4H3. The van der Waals surface area contributed by atoms with E-state index in [9.17, 15) is 9.59 Å². The van der Waals surface area contributed by atoms with Crippen molar-refractivity contribution in [2.75, 3.05) is 18.5 Å². The van der Waals surface area contributed by atoms with Crippen molar-refractivity contribution in [3.8, 4) is 0 Å². The van der Waals surface area contributed by atoms with Crippen LogP contribution >= 0.6 is 0 Å². The molecule has 6 nitrogen and oxygen atoms in total. The second kappa shape index (κ2) is 7.15. The number of carbonyl (C=O) groups excluding carboxylic acids is 2. The summed E-state index contributed by atoms with van der Waals surface area (Å²) in [7, 11) is 3.58. The number of hydrogen-bond donors (Lipinski definition) is 0. The van der Waals surface area contributed by atoms with Gasteiger partial charge < -0.3 is 9.80 Å². The zero-order valence-corrected chi connectivity index (χ0v) is 15.5. The summed E-state index contributed by atoms with van der Waals surface area (Å²) in [5.41, 5.74) is 3.44. The fraction of sp³-hybridized carbons (Fsp3) is 0.350. The Kier molecular flexibility index (Phi) is 4.93. The molecule has 2 aromatic rings. The van der Waals surface area contributed by atoms with Gasteiger partial charge in [-0.15, -0.1) is 0 Å². The van der Waals surface area contributed by atoms with Crippen molar-refractivity contribution in [1.29, 1.82) is 0 Å². The lowest BCUT2D eigenvalue weighted by Gasteiger charge is -2.25. The average Bonchev–Trinajstić information content (AvgIpc) is 3.25. The van der Waals surface area contributed by atoms with E-state index in [0.717, 1.165) is 36.3 Å². The molecule has 1 fully saturated rings. The predicted molar refractivity (Wildman–Crippen MR) is 101 cm³/mol. The molecule has 3 rings (SSSR count). The molecule has 1 aromatic heterocycles. The highest BCUT2D eigenvalue weighted by atomic mass is 16.2. The normalized spacial score (nSPS) is 16.6. The van der Waals surface area contributed by atoms with E-state index in [2.05, 4.69) is 11.7 Å². The van der Waals surface area contributed by atoms with Gasteiger partial charge in [0, 0.05) is 43.7 Å². The Bertz CT molecular complexity index is 838. The summed E-state index contributed by atoms with van der Waals surface area (Å²) in [6.45, 7) is 6.22. The molecule has 1 atom stereocenters. The maximum Gasteiger partial charge on any atom is 0.254 e. The number of nitrogens with zero attached hydrogens (tertiary/aromatic N) is 4. The lowest BCUT2D eigenvalue weighted by molar-refractivity contribution is -0.113. The highest BCUT2D eigenvalue weighted by Gasteiger charge is 2.32. The van der Waals surface area contributed by atoms with Crippen LogP contribution in [-0.2, 0) is 11.8 Å². The van der Waals surface area contributed by atoms with Gasteiger partial charge in [0.15, 0.2) is 0 Å². The van der Waals surface area contributed by atoms with Crippen LogP contribution in [0.15, 0.2) is 43.1 Å². The minimum absolute atomic E-state index is 0.0139. The lowest BCUT2D eigenvalue weighted by Crippen LogP contribution is -2.30. The number of hydrogen-bond acceptors (Lipinski definition) is 3. The fourth-order valence-corrected chi connectivity index (χ4v) is 3.54. The van der Waals surface area contributed by atoms with E-state index < -0.39 is 0 Å². The Hall–Kier alpha value is -2.89. The van der Waals surface area contributed by atoms with Gasteiger partial charge in [-0.3, -0.25) is 14.3 Å². The molecular weight excluding hydrogens is 328 g/mol. The number of aromatic nitrogens is 2. The molecular formula is C20H24N4O2. The zero-order chi connectivity index (χ0) is 18.8. The van der Waals surface area contributed by atoms with Gasteiger partial charge in [-0.2, -0.15) is 5.10 Å². The molecule has 2 amide bonds. The smallest absolute Gasteiger partial charge is 0.254 e. The van der Waals surface area contributed by atoms with Gasteiger partial charge in [-0.25, -0.2) is 0 Å². The first-order chi connectivity index (χ1) is 12.4. The summed E-state index contributed by atoms with van der Waals surface area (Å²) in [5, 5.41) is 4.41. The third-order valence-electron chi connectivity index (χ3n) is 4.93. The van der Waals surface area contributed by atoms with Crippen molar-refractivity contribution in [1.82, 2.24) is 14.7 Å². The van der Waals surface area contributed by atoms with Gasteiger partial charge in [0.2, 0.25) is 5.91 Å². The van der Waals surface area contributed by atoms with Gasteiger partial charge in [-0.05, 0) is 50.1 Å². The summed E-state index contributed by atoms with van der Waals surface area (Å²) in [6, 6.07) is 7.19. The maximum absolute atomic E-state index is 13.0. The molecule has 2 heterocycles. The molecule has 0 bridgehead atoms. The molecule has 1 saturated heterocycles. The number of carbonyl (C=O) groups is 2. The summed E-state index contributed by atoms with van der Waals surface area (Å²) in [6.07, 6.45) is 5.21. The summed E-state index contributed by atoms with van der Waals surface area (Å²) in [4.78, 5) is 28.1. The van der Waals surface area contributed by atoms with Crippen molar-refractivity contribution in [2.45, 2.75) is 25.8 Å². The third kappa shape index (κ3) is 3.27. The van der Waals surface area contributed by atoms with Crippen LogP contribution in [0.25, 0.3) is 0 Å². The van der Waals surface area contributed by atoms with Crippen LogP contribution in [0.3, 0.4) is 0 Å². The first-order valence-corrected chi connectivity index (χ1v) is 8.73. The number of rotatable bonds is 4. The number of amides is 2. The third-order valence-corrected chi connectivity index (χ3v) is 4.93.